The molecule has 2 aromatic rings. The van der Waals surface area contributed by atoms with Crippen molar-refractivity contribution in [1.29, 1.82) is 0 Å². The fourth-order valence-electron chi connectivity index (χ4n) is 6.13. The molecule has 3 aliphatic rings. The molecular formula is C32H40F2N4O7. The largest absolute Gasteiger partial charge is 0.497 e. The highest BCUT2D eigenvalue weighted by Crippen LogP contribution is 2.41. The van der Waals surface area contributed by atoms with Gasteiger partial charge in [0.25, 0.3) is 5.92 Å². The minimum atomic E-state index is -3.44. The fourth-order valence-corrected chi connectivity index (χ4v) is 6.13. The summed E-state index contributed by atoms with van der Waals surface area (Å²) in [4.78, 5) is 49.5. The van der Waals surface area contributed by atoms with Gasteiger partial charge in [0.05, 0.1) is 24.7 Å². The maximum Gasteiger partial charge on any atom is 0.408 e. The predicted octanol–water partition coefficient (Wildman–Crippen LogP) is 5.07. The summed E-state index contributed by atoms with van der Waals surface area (Å²) >= 11 is 0. The molecule has 0 radical (unpaired) electrons. The van der Waals surface area contributed by atoms with E-state index in [-0.39, 0.29) is 42.4 Å². The average molecular weight is 631 g/mol. The van der Waals surface area contributed by atoms with Crippen LogP contribution in [0, 0.1) is 17.3 Å². The number of ether oxygens (including phenoxy) is 3. The predicted molar refractivity (Wildman–Crippen MR) is 159 cm³/mol. The van der Waals surface area contributed by atoms with Crippen molar-refractivity contribution in [3.8, 4) is 11.6 Å². The summed E-state index contributed by atoms with van der Waals surface area (Å²) in [5.74, 6) is -6.07. The molecule has 13 heteroatoms. The number of allylic oxidation sites excluding steroid dienone is 2. The van der Waals surface area contributed by atoms with E-state index >= 15 is 8.78 Å². The van der Waals surface area contributed by atoms with Crippen LogP contribution in [0.5, 0.6) is 11.6 Å². The topological polar surface area (TPSA) is 140 Å². The number of amides is 2. The summed E-state index contributed by atoms with van der Waals surface area (Å²) in [5.41, 5.74) is -1.00. The van der Waals surface area contributed by atoms with Crippen molar-refractivity contribution in [3.05, 3.63) is 36.0 Å². The number of carboxylic acids is 1. The molecule has 2 amide bonds. The third kappa shape index (κ3) is 6.81. The number of nitrogens with one attached hydrogen (secondary N) is 1. The van der Waals surface area contributed by atoms with Crippen molar-refractivity contribution >= 4 is 29.0 Å². The summed E-state index contributed by atoms with van der Waals surface area (Å²) in [6.07, 6.45) is 2.25. The molecular weight excluding hydrogens is 590 g/mol. The number of alkyl carbamates (subject to hydrolysis) is 1. The van der Waals surface area contributed by atoms with Gasteiger partial charge in [0.15, 0.2) is 5.69 Å². The summed E-state index contributed by atoms with van der Waals surface area (Å²) in [5, 5.41) is 13.0. The van der Waals surface area contributed by atoms with Crippen LogP contribution < -0.4 is 14.8 Å². The summed E-state index contributed by atoms with van der Waals surface area (Å²) in [7, 11) is 1.47. The van der Waals surface area contributed by atoms with Gasteiger partial charge in [0.2, 0.25) is 11.8 Å². The summed E-state index contributed by atoms with van der Waals surface area (Å²) in [6, 6.07) is 2.21. The van der Waals surface area contributed by atoms with Crippen molar-refractivity contribution in [3.63, 3.8) is 0 Å². The normalized spacial score (nSPS) is 29.5. The van der Waals surface area contributed by atoms with Gasteiger partial charge in [0.1, 0.15) is 30.0 Å². The maximum absolute atomic E-state index is 15.9. The number of carboxylic acid groups (broad SMARTS) is 1. The van der Waals surface area contributed by atoms with Gasteiger partial charge in [-0.3, -0.25) is 4.79 Å². The number of carbonyl (C=O) groups is 3. The number of carbonyl (C=O) groups excluding carboxylic acids is 2. The highest BCUT2D eigenvalue weighted by molar-refractivity contribution is 5.90. The summed E-state index contributed by atoms with van der Waals surface area (Å²) in [6.45, 7) is 6.76. The van der Waals surface area contributed by atoms with Crippen LogP contribution in [0.4, 0.5) is 13.6 Å². The summed E-state index contributed by atoms with van der Waals surface area (Å²) < 4.78 is 48.8. The average Bonchev–Trinajstić information content (AvgIpc) is 3.59. The van der Waals surface area contributed by atoms with Crippen molar-refractivity contribution in [2.45, 2.75) is 90.0 Å². The van der Waals surface area contributed by atoms with Gasteiger partial charge in [-0.2, -0.15) is 8.78 Å². The molecule has 5 rings (SSSR count). The third-order valence-corrected chi connectivity index (χ3v) is 8.77. The molecule has 2 bridgehead atoms. The van der Waals surface area contributed by atoms with Crippen molar-refractivity contribution in [2.75, 3.05) is 13.7 Å². The number of hydrogen-bond donors (Lipinski definition) is 2. The second kappa shape index (κ2) is 12.4. The highest BCUT2D eigenvalue weighted by atomic mass is 19.3. The molecule has 0 unspecified atom stereocenters. The van der Waals surface area contributed by atoms with Crippen LogP contribution in [0.1, 0.15) is 65.5 Å². The number of aliphatic carboxylic acids is 1. The number of benzene rings is 1. The van der Waals surface area contributed by atoms with Crippen molar-refractivity contribution in [2.24, 2.45) is 17.3 Å². The van der Waals surface area contributed by atoms with Gasteiger partial charge in [-0.25, -0.2) is 19.6 Å². The number of hydrogen-bond acceptors (Lipinski definition) is 8. The van der Waals surface area contributed by atoms with E-state index in [1.54, 1.807) is 52.0 Å². The number of rotatable bonds is 3. The van der Waals surface area contributed by atoms with Crippen LogP contribution in [0.2, 0.25) is 0 Å². The lowest BCUT2D eigenvalue weighted by atomic mass is 9.85. The zero-order valence-corrected chi connectivity index (χ0v) is 26.1. The molecule has 2 fully saturated rings. The second-order valence-electron chi connectivity index (χ2n) is 13.1. The Morgan fingerprint density at radius 3 is 2.58 bits per heavy atom. The molecule has 45 heavy (non-hydrogen) atoms. The number of alkyl halides is 2. The fraction of sp³-hybridized carbons (Fsp3) is 0.594. The Labute approximate surface area is 260 Å². The third-order valence-electron chi connectivity index (χ3n) is 8.77. The zero-order chi connectivity index (χ0) is 32.7. The van der Waals surface area contributed by atoms with E-state index in [1.807, 2.05) is 0 Å². The number of nitrogens with zero attached hydrogens (tertiary/aromatic N) is 3. The molecule has 244 valence electrons. The highest BCUT2D eigenvalue weighted by Gasteiger charge is 2.52. The lowest BCUT2D eigenvalue weighted by Gasteiger charge is -2.34. The van der Waals surface area contributed by atoms with Gasteiger partial charge in [0, 0.05) is 24.3 Å². The lowest BCUT2D eigenvalue weighted by Crippen LogP contribution is -2.57. The minimum absolute atomic E-state index is 0.0442. The molecule has 1 aromatic carbocycles. The Kier molecular flexibility index (Phi) is 8.92. The number of aromatic nitrogens is 2. The van der Waals surface area contributed by atoms with Gasteiger partial charge < -0.3 is 29.5 Å². The molecule has 3 heterocycles. The standard InChI is InChI=1S/C32H40F2N4O7/c1-6-19-23-16-38(24(19)29(40)41)28(39)26(31(2,3)4)37-30(42)45-22-14-17(22)10-8-7-9-13-32(33,34)25-27(44-23)36-21-15-18(43-5)11-12-20(21)35-25/h7-8,11-12,15,17,19,22-24,26H,6,9-10,13-14,16H2,1-5H3,(H,37,42)(H,40,41)/b8-7+/t17-,19-,22-,23+,24+,26-/m1/s1. The number of halogens is 2. The van der Waals surface area contributed by atoms with Gasteiger partial charge in [-0.05, 0) is 43.2 Å². The van der Waals surface area contributed by atoms with E-state index in [0.29, 0.717) is 18.6 Å². The van der Waals surface area contributed by atoms with Crippen LogP contribution in [-0.4, -0.2) is 75.9 Å². The Morgan fingerprint density at radius 1 is 1.16 bits per heavy atom. The van der Waals surface area contributed by atoms with Crippen LogP contribution in [0.15, 0.2) is 30.4 Å². The molecule has 1 saturated carbocycles. The quantitative estimate of drug-likeness (QED) is 0.445. The van der Waals surface area contributed by atoms with E-state index in [1.165, 1.54) is 13.2 Å². The van der Waals surface area contributed by atoms with Crippen molar-refractivity contribution in [1.82, 2.24) is 20.2 Å². The first-order valence-electron chi connectivity index (χ1n) is 15.3. The minimum Gasteiger partial charge on any atom is -0.497 e. The van der Waals surface area contributed by atoms with Crippen molar-refractivity contribution < 1.29 is 42.5 Å². The molecule has 11 nitrogen and oxygen atoms in total. The van der Waals surface area contributed by atoms with E-state index < -0.39 is 71.4 Å². The van der Waals surface area contributed by atoms with Gasteiger partial charge in [-0.1, -0.05) is 39.8 Å². The second-order valence-corrected chi connectivity index (χ2v) is 13.1. The Hall–Kier alpha value is -4.03. The maximum atomic E-state index is 15.9. The molecule has 0 spiro atoms. The Morgan fingerprint density at radius 2 is 1.91 bits per heavy atom. The molecule has 1 aromatic heterocycles. The van der Waals surface area contributed by atoms with Crippen LogP contribution >= 0.6 is 0 Å². The van der Waals surface area contributed by atoms with Crippen LogP contribution in [-0.2, 0) is 20.2 Å². The Balaban J connectivity index is 1.59. The first-order chi connectivity index (χ1) is 21.2. The molecule has 2 aliphatic heterocycles. The monoisotopic (exact) mass is 630 g/mol. The molecule has 6 atom stereocenters. The molecule has 2 N–H and O–H groups in total. The van der Waals surface area contributed by atoms with E-state index in [9.17, 15) is 19.5 Å². The number of methoxy groups -OCH3 is 1. The van der Waals surface area contributed by atoms with Crippen LogP contribution in [0.3, 0.4) is 0 Å². The first kappa shape index (κ1) is 32.4. The first-order valence-corrected chi connectivity index (χ1v) is 15.3. The zero-order valence-electron chi connectivity index (χ0n) is 26.1. The van der Waals surface area contributed by atoms with E-state index in [0.717, 1.165) is 4.90 Å². The lowest BCUT2D eigenvalue weighted by molar-refractivity contribution is -0.151. The molecule has 1 saturated heterocycles. The Bertz CT molecular complexity index is 1490. The van der Waals surface area contributed by atoms with Gasteiger partial charge >= 0.3 is 12.1 Å². The SMILES string of the molecule is CC[C@@H]1[C@@H]2CN(C(=O)[C@H](C(C)(C)C)NC(=O)O[C@@H]3C[C@H]3C/C=C/CCC(F)(F)c3nc4ccc(OC)cc4nc3O2)[C@@H]1C(=O)O. The van der Waals surface area contributed by atoms with Gasteiger partial charge in [-0.15, -0.1) is 0 Å². The van der Waals surface area contributed by atoms with E-state index in [2.05, 4.69) is 15.3 Å². The molecule has 1 aliphatic carbocycles. The van der Waals surface area contributed by atoms with E-state index in [4.69, 9.17) is 14.2 Å². The smallest absolute Gasteiger partial charge is 0.408 e. The van der Waals surface area contributed by atoms with Crippen LogP contribution in [0.25, 0.3) is 11.0 Å². The number of fused-ring (bicyclic) bond motifs is 5.